The molecule has 0 bridgehead atoms. The van der Waals surface area contributed by atoms with Gasteiger partial charge in [-0.05, 0) is 12.0 Å². The molecule has 0 amide bonds. The van der Waals surface area contributed by atoms with Gasteiger partial charge in [-0.25, -0.2) is 4.98 Å². The van der Waals surface area contributed by atoms with Crippen LogP contribution in [0.5, 0.6) is 0 Å². The largest absolute Gasteiger partial charge is 0.370 e. The first-order chi connectivity index (χ1) is 8.08. The Hall–Kier alpha value is -2.16. The van der Waals surface area contributed by atoms with Crippen molar-refractivity contribution in [3.8, 4) is 6.07 Å². The van der Waals surface area contributed by atoms with Gasteiger partial charge in [0, 0.05) is 12.6 Å². The first-order valence-electron chi connectivity index (χ1n) is 5.37. The number of nitriles is 1. The Morgan fingerprint density at radius 3 is 2.88 bits per heavy atom. The van der Waals surface area contributed by atoms with Crippen LogP contribution < -0.4 is 5.32 Å². The molecule has 90 valence electrons. The molecule has 1 aromatic rings. The van der Waals surface area contributed by atoms with Crippen LogP contribution in [0.1, 0.15) is 26.0 Å². The van der Waals surface area contributed by atoms with Crippen LogP contribution in [0.2, 0.25) is 0 Å². The second-order valence-corrected chi connectivity index (χ2v) is 3.83. The van der Waals surface area contributed by atoms with E-state index >= 15 is 0 Å². The highest BCUT2D eigenvalue weighted by molar-refractivity contribution is 5.50. The van der Waals surface area contributed by atoms with Crippen molar-refractivity contribution in [2.75, 3.05) is 11.9 Å². The Labute approximate surface area is 99.4 Å². The van der Waals surface area contributed by atoms with Crippen molar-refractivity contribution >= 4 is 11.5 Å². The zero-order chi connectivity index (χ0) is 12.8. The third-order valence-corrected chi connectivity index (χ3v) is 2.51. The molecule has 6 heteroatoms. The van der Waals surface area contributed by atoms with Crippen LogP contribution in [0.4, 0.5) is 11.5 Å². The minimum Gasteiger partial charge on any atom is -0.370 e. The number of nitro groups is 1. The number of aromatic nitrogens is 1. The van der Waals surface area contributed by atoms with E-state index in [4.69, 9.17) is 5.26 Å². The summed E-state index contributed by atoms with van der Waals surface area (Å²) in [5.41, 5.74) is -0.425. The van der Waals surface area contributed by atoms with Crippen molar-refractivity contribution in [1.29, 1.82) is 5.26 Å². The first kappa shape index (κ1) is 12.9. The lowest BCUT2D eigenvalue weighted by atomic mass is 10.1. The SMILES string of the molecule is CCC(C)CNc1ccc([N+](=O)[O-])c(C#N)n1. The number of nitrogens with zero attached hydrogens (tertiary/aromatic N) is 3. The molecule has 1 N–H and O–H groups in total. The third-order valence-electron chi connectivity index (χ3n) is 2.51. The summed E-state index contributed by atoms with van der Waals surface area (Å²) < 4.78 is 0. The fourth-order valence-electron chi connectivity index (χ4n) is 1.20. The van der Waals surface area contributed by atoms with Crippen molar-refractivity contribution in [2.45, 2.75) is 20.3 Å². The summed E-state index contributed by atoms with van der Waals surface area (Å²) in [5, 5.41) is 22.4. The number of hydrogen-bond donors (Lipinski definition) is 1. The number of nitrogens with one attached hydrogen (secondary N) is 1. The summed E-state index contributed by atoms with van der Waals surface area (Å²) in [6.07, 6.45) is 1.03. The maximum Gasteiger partial charge on any atom is 0.305 e. The number of hydrogen-bond acceptors (Lipinski definition) is 5. The molecule has 1 rings (SSSR count). The Bertz CT molecular complexity index is 453. The zero-order valence-corrected chi connectivity index (χ0v) is 9.80. The fraction of sp³-hybridized carbons (Fsp3) is 0.455. The second kappa shape index (κ2) is 5.80. The number of rotatable bonds is 5. The minimum absolute atomic E-state index is 0.163. The van der Waals surface area contributed by atoms with Gasteiger partial charge in [-0.3, -0.25) is 10.1 Å². The molecule has 1 aromatic heterocycles. The van der Waals surface area contributed by atoms with Crippen LogP contribution in [0.15, 0.2) is 12.1 Å². The van der Waals surface area contributed by atoms with Crippen LogP contribution in [-0.4, -0.2) is 16.5 Å². The van der Waals surface area contributed by atoms with Gasteiger partial charge in [0.2, 0.25) is 5.69 Å². The average molecular weight is 234 g/mol. The lowest BCUT2D eigenvalue weighted by Gasteiger charge is -2.10. The van der Waals surface area contributed by atoms with Crippen molar-refractivity contribution in [1.82, 2.24) is 4.98 Å². The maximum absolute atomic E-state index is 10.6. The van der Waals surface area contributed by atoms with Gasteiger partial charge in [0.1, 0.15) is 11.9 Å². The van der Waals surface area contributed by atoms with Crippen molar-refractivity contribution in [3.05, 3.63) is 27.9 Å². The van der Waals surface area contributed by atoms with Gasteiger partial charge in [-0.15, -0.1) is 0 Å². The van der Waals surface area contributed by atoms with Crippen LogP contribution in [-0.2, 0) is 0 Å². The van der Waals surface area contributed by atoms with Gasteiger partial charge in [0.15, 0.2) is 0 Å². The van der Waals surface area contributed by atoms with E-state index in [2.05, 4.69) is 24.1 Å². The van der Waals surface area contributed by atoms with Crippen molar-refractivity contribution < 1.29 is 4.92 Å². The molecular formula is C11H14N4O2. The molecule has 0 aliphatic rings. The molecule has 1 unspecified atom stereocenters. The highest BCUT2D eigenvalue weighted by Crippen LogP contribution is 2.18. The van der Waals surface area contributed by atoms with Crippen LogP contribution in [0, 0.1) is 27.4 Å². The lowest BCUT2D eigenvalue weighted by molar-refractivity contribution is -0.385. The summed E-state index contributed by atoms with van der Waals surface area (Å²) in [7, 11) is 0. The molecule has 0 saturated carbocycles. The standard InChI is InChI=1S/C11H14N4O2/c1-3-8(2)7-13-11-5-4-10(15(16)17)9(6-12)14-11/h4-5,8H,3,7H2,1-2H3,(H,13,14). The monoisotopic (exact) mass is 234 g/mol. The summed E-state index contributed by atoms with van der Waals surface area (Å²) in [4.78, 5) is 13.9. The van der Waals surface area contributed by atoms with E-state index in [0.29, 0.717) is 11.7 Å². The zero-order valence-electron chi connectivity index (χ0n) is 9.80. The third kappa shape index (κ3) is 3.41. The molecule has 0 radical (unpaired) electrons. The molecule has 0 aromatic carbocycles. The van der Waals surface area contributed by atoms with Gasteiger partial charge in [0.05, 0.1) is 4.92 Å². The number of anilines is 1. The van der Waals surface area contributed by atoms with E-state index in [1.54, 1.807) is 6.07 Å². The van der Waals surface area contributed by atoms with E-state index < -0.39 is 4.92 Å². The molecule has 0 spiro atoms. The van der Waals surface area contributed by atoms with E-state index in [1.165, 1.54) is 12.1 Å². The van der Waals surface area contributed by atoms with Gasteiger partial charge in [-0.2, -0.15) is 5.26 Å². The Morgan fingerprint density at radius 2 is 2.35 bits per heavy atom. The molecule has 0 saturated heterocycles. The van der Waals surface area contributed by atoms with Crippen LogP contribution >= 0.6 is 0 Å². The Morgan fingerprint density at radius 1 is 1.65 bits per heavy atom. The van der Waals surface area contributed by atoms with E-state index in [0.717, 1.165) is 13.0 Å². The smallest absolute Gasteiger partial charge is 0.305 e. The van der Waals surface area contributed by atoms with Crippen molar-refractivity contribution in [3.63, 3.8) is 0 Å². The van der Waals surface area contributed by atoms with E-state index in [1.807, 2.05) is 0 Å². The average Bonchev–Trinajstić information content (AvgIpc) is 2.35. The summed E-state index contributed by atoms with van der Waals surface area (Å²) in [6.45, 7) is 4.89. The lowest BCUT2D eigenvalue weighted by Crippen LogP contribution is -2.11. The quantitative estimate of drug-likeness (QED) is 0.623. The molecule has 0 aliphatic carbocycles. The predicted octanol–water partition coefficient (Wildman–Crippen LogP) is 2.32. The molecule has 1 atom stereocenters. The Kier molecular flexibility index (Phi) is 4.40. The van der Waals surface area contributed by atoms with E-state index in [-0.39, 0.29) is 11.4 Å². The Balaban J connectivity index is 2.84. The summed E-state index contributed by atoms with van der Waals surface area (Å²) in [6, 6.07) is 4.54. The van der Waals surface area contributed by atoms with Crippen LogP contribution in [0.3, 0.4) is 0 Å². The minimum atomic E-state index is -0.607. The highest BCUT2D eigenvalue weighted by atomic mass is 16.6. The number of pyridine rings is 1. The summed E-state index contributed by atoms with van der Waals surface area (Å²) in [5.74, 6) is 0.977. The first-order valence-corrected chi connectivity index (χ1v) is 5.37. The molecule has 1 heterocycles. The van der Waals surface area contributed by atoms with Crippen molar-refractivity contribution in [2.24, 2.45) is 5.92 Å². The van der Waals surface area contributed by atoms with Crippen LogP contribution in [0.25, 0.3) is 0 Å². The molecule has 17 heavy (non-hydrogen) atoms. The van der Waals surface area contributed by atoms with Gasteiger partial charge >= 0.3 is 5.69 Å². The maximum atomic E-state index is 10.6. The highest BCUT2D eigenvalue weighted by Gasteiger charge is 2.15. The normalized spacial score (nSPS) is 11.6. The van der Waals surface area contributed by atoms with Gasteiger partial charge in [0.25, 0.3) is 0 Å². The van der Waals surface area contributed by atoms with E-state index in [9.17, 15) is 10.1 Å². The molecule has 0 aliphatic heterocycles. The molecule has 6 nitrogen and oxygen atoms in total. The molecule has 0 fully saturated rings. The molecular weight excluding hydrogens is 220 g/mol. The van der Waals surface area contributed by atoms with Gasteiger partial charge < -0.3 is 5.32 Å². The van der Waals surface area contributed by atoms with Gasteiger partial charge in [-0.1, -0.05) is 20.3 Å². The summed E-state index contributed by atoms with van der Waals surface area (Å²) >= 11 is 0. The topological polar surface area (TPSA) is 91.9 Å². The fourth-order valence-corrected chi connectivity index (χ4v) is 1.20. The second-order valence-electron chi connectivity index (χ2n) is 3.83. The predicted molar refractivity (Wildman–Crippen MR) is 63.6 cm³/mol.